The van der Waals surface area contributed by atoms with Gasteiger partial charge < -0.3 is 14.0 Å². The lowest BCUT2D eigenvalue weighted by molar-refractivity contribution is -0.144. The molecule has 3 rings (SSSR count). The van der Waals surface area contributed by atoms with Crippen LogP contribution < -0.4 is 5.46 Å². The molecular weight excluding hydrogens is 339 g/mol. The fourth-order valence-corrected chi connectivity index (χ4v) is 3.06. The van der Waals surface area contributed by atoms with Crippen molar-refractivity contribution in [1.82, 2.24) is 0 Å². The van der Waals surface area contributed by atoms with E-state index in [1.165, 1.54) is 0 Å². The number of ether oxygens (including phenoxy) is 1. The molecule has 0 radical (unpaired) electrons. The van der Waals surface area contributed by atoms with Crippen molar-refractivity contribution in [1.29, 1.82) is 0 Å². The van der Waals surface area contributed by atoms with Crippen molar-refractivity contribution in [2.24, 2.45) is 0 Å². The summed E-state index contributed by atoms with van der Waals surface area (Å²) in [6, 6.07) is 15.6. The van der Waals surface area contributed by atoms with Gasteiger partial charge in [-0.15, -0.1) is 0 Å². The third-order valence-corrected chi connectivity index (χ3v) is 5.57. The van der Waals surface area contributed by atoms with Crippen molar-refractivity contribution in [3.63, 3.8) is 0 Å². The standard InChI is InChI=1S/C22H27BO4/c1-16-18(14-20(24)25-15-17-10-7-6-8-11-17)12-9-13-19(16)23-26-21(2,3)22(4,5)27-23/h6-13H,14-15H2,1-5H3. The summed E-state index contributed by atoms with van der Waals surface area (Å²) < 4.78 is 17.7. The van der Waals surface area contributed by atoms with E-state index in [-0.39, 0.29) is 19.0 Å². The van der Waals surface area contributed by atoms with Crippen LogP contribution in [-0.2, 0) is 31.9 Å². The summed E-state index contributed by atoms with van der Waals surface area (Å²) in [4.78, 5) is 12.3. The Hall–Kier alpha value is -2.11. The Morgan fingerprint density at radius 1 is 0.963 bits per heavy atom. The van der Waals surface area contributed by atoms with Gasteiger partial charge in [0.2, 0.25) is 0 Å². The number of benzene rings is 2. The van der Waals surface area contributed by atoms with Crippen molar-refractivity contribution >= 4 is 18.6 Å². The fraction of sp³-hybridized carbons (Fsp3) is 0.409. The summed E-state index contributed by atoms with van der Waals surface area (Å²) in [5.74, 6) is -0.243. The Bertz CT molecular complexity index is 798. The minimum atomic E-state index is -0.435. The van der Waals surface area contributed by atoms with E-state index in [9.17, 15) is 4.79 Å². The van der Waals surface area contributed by atoms with E-state index in [1.807, 2.05) is 83.1 Å². The number of esters is 1. The van der Waals surface area contributed by atoms with Gasteiger partial charge in [0.1, 0.15) is 6.61 Å². The van der Waals surface area contributed by atoms with E-state index in [0.29, 0.717) is 0 Å². The van der Waals surface area contributed by atoms with Crippen LogP contribution in [0.15, 0.2) is 48.5 Å². The predicted octanol–water partition coefficient (Wildman–Crippen LogP) is 3.58. The van der Waals surface area contributed by atoms with E-state index >= 15 is 0 Å². The molecule has 4 nitrogen and oxygen atoms in total. The molecule has 0 N–H and O–H groups in total. The highest BCUT2D eigenvalue weighted by Crippen LogP contribution is 2.36. The Labute approximate surface area is 162 Å². The first kappa shape index (κ1) is 19.7. The Morgan fingerprint density at radius 2 is 1.59 bits per heavy atom. The van der Waals surface area contributed by atoms with Crippen LogP contribution in [-0.4, -0.2) is 24.3 Å². The number of hydrogen-bond acceptors (Lipinski definition) is 4. The van der Waals surface area contributed by atoms with Crippen molar-refractivity contribution in [2.45, 2.75) is 58.8 Å². The maximum absolute atomic E-state index is 12.3. The minimum absolute atomic E-state index is 0.228. The van der Waals surface area contributed by atoms with Gasteiger partial charge in [-0.3, -0.25) is 4.79 Å². The molecular formula is C22H27BO4. The number of carbonyl (C=O) groups is 1. The van der Waals surface area contributed by atoms with E-state index in [1.54, 1.807) is 0 Å². The zero-order chi connectivity index (χ0) is 19.7. The van der Waals surface area contributed by atoms with Crippen LogP contribution in [0.3, 0.4) is 0 Å². The van der Waals surface area contributed by atoms with E-state index < -0.39 is 18.3 Å². The van der Waals surface area contributed by atoms with Crippen molar-refractivity contribution in [3.05, 3.63) is 65.2 Å². The normalized spacial score (nSPS) is 17.7. The molecule has 0 bridgehead atoms. The van der Waals surface area contributed by atoms with Crippen molar-refractivity contribution in [2.75, 3.05) is 0 Å². The van der Waals surface area contributed by atoms with Crippen LogP contribution in [0, 0.1) is 6.92 Å². The lowest BCUT2D eigenvalue weighted by Crippen LogP contribution is -2.41. The molecule has 1 saturated heterocycles. The average Bonchev–Trinajstić information content (AvgIpc) is 2.83. The van der Waals surface area contributed by atoms with Gasteiger partial charge >= 0.3 is 13.1 Å². The number of carbonyl (C=O) groups excluding carboxylic acids is 1. The van der Waals surface area contributed by atoms with Crippen LogP contribution in [0.1, 0.15) is 44.4 Å². The number of hydrogen-bond donors (Lipinski definition) is 0. The first-order chi connectivity index (χ1) is 12.7. The maximum atomic E-state index is 12.3. The monoisotopic (exact) mass is 366 g/mol. The predicted molar refractivity (Wildman–Crippen MR) is 107 cm³/mol. The molecule has 142 valence electrons. The lowest BCUT2D eigenvalue weighted by Gasteiger charge is -2.32. The molecule has 1 aliphatic heterocycles. The molecule has 2 aromatic rings. The zero-order valence-electron chi connectivity index (χ0n) is 16.7. The largest absolute Gasteiger partial charge is 0.495 e. The molecule has 0 atom stereocenters. The summed E-state index contributed by atoms with van der Waals surface area (Å²) in [7, 11) is -0.435. The number of rotatable bonds is 5. The van der Waals surface area contributed by atoms with E-state index in [4.69, 9.17) is 14.0 Å². The SMILES string of the molecule is Cc1c(CC(=O)OCc2ccccc2)cccc1B1OC(C)(C)C(C)(C)O1. The van der Waals surface area contributed by atoms with Gasteiger partial charge in [0.15, 0.2) is 0 Å². The van der Waals surface area contributed by atoms with Gasteiger partial charge in [-0.2, -0.15) is 0 Å². The Kier molecular flexibility index (Phi) is 5.45. The summed E-state index contributed by atoms with van der Waals surface area (Å²) >= 11 is 0. The second-order valence-electron chi connectivity index (χ2n) is 8.04. The first-order valence-corrected chi connectivity index (χ1v) is 9.33. The lowest BCUT2D eigenvalue weighted by atomic mass is 9.75. The third kappa shape index (κ3) is 4.25. The highest BCUT2D eigenvalue weighted by molar-refractivity contribution is 6.62. The molecule has 0 spiro atoms. The minimum Gasteiger partial charge on any atom is -0.461 e. The molecule has 27 heavy (non-hydrogen) atoms. The van der Waals surface area contributed by atoms with Gasteiger partial charge in [0.05, 0.1) is 17.6 Å². The first-order valence-electron chi connectivity index (χ1n) is 9.33. The van der Waals surface area contributed by atoms with Crippen LogP contribution in [0.4, 0.5) is 0 Å². The molecule has 1 aliphatic rings. The highest BCUT2D eigenvalue weighted by atomic mass is 16.7. The van der Waals surface area contributed by atoms with Gasteiger partial charge in [-0.1, -0.05) is 48.5 Å². The van der Waals surface area contributed by atoms with Crippen molar-refractivity contribution in [3.8, 4) is 0 Å². The van der Waals surface area contributed by atoms with E-state index in [2.05, 4.69) is 0 Å². The molecule has 0 aliphatic carbocycles. The second kappa shape index (κ2) is 7.49. The molecule has 0 aromatic heterocycles. The van der Waals surface area contributed by atoms with Gasteiger partial charge in [-0.05, 0) is 56.8 Å². The van der Waals surface area contributed by atoms with Gasteiger partial charge in [0.25, 0.3) is 0 Å². The Balaban J connectivity index is 1.69. The summed E-state index contributed by atoms with van der Waals surface area (Å²) in [6.07, 6.45) is 0.228. The highest BCUT2D eigenvalue weighted by Gasteiger charge is 2.52. The Morgan fingerprint density at radius 3 is 2.22 bits per heavy atom. The van der Waals surface area contributed by atoms with Crippen LogP contribution in [0.2, 0.25) is 0 Å². The molecule has 0 unspecified atom stereocenters. The smallest absolute Gasteiger partial charge is 0.461 e. The van der Waals surface area contributed by atoms with Crippen LogP contribution >= 0.6 is 0 Å². The van der Waals surface area contributed by atoms with Crippen LogP contribution in [0.25, 0.3) is 0 Å². The molecule has 0 saturated carbocycles. The summed E-state index contributed by atoms with van der Waals surface area (Å²) in [5.41, 5.74) is 3.09. The van der Waals surface area contributed by atoms with Gasteiger partial charge in [-0.25, -0.2) is 0 Å². The van der Waals surface area contributed by atoms with Gasteiger partial charge in [0, 0.05) is 0 Å². The summed E-state index contributed by atoms with van der Waals surface area (Å²) in [5, 5.41) is 0. The van der Waals surface area contributed by atoms with Crippen molar-refractivity contribution < 1.29 is 18.8 Å². The molecule has 5 heteroatoms. The molecule has 1 fully saturated rings. The molecule has 2 aromatic carbocycles. The van der Waals surface area contributed by atoms with Crippen LogP contribution in [0.5, 0.6) is 0 Å². The fourth-order valence-electron chi connectivity index (χ4n) is 3.06. The molecule has 0 amide bonds. The maximum Gasteiger partial charge on any atom is 0.495 e. The third-order valence-electron chi connectivity index (χ3n) is 5.57. The summed E-state index contributed by atoms with van der Waals surface area (Å²) in [6.45, 7) is 10.4. The second-order valence-corrected chi connectivity index (χ2v) is 8.04. The molecule has 1 heterocycles. The topological polar surface area (TPSA) is 44.8 Å². The van der Waals surface area contributed by atoms with E-state index in [0.717, 1.165) is 22.2 Å². The zero-order valence-corrected chi connectivity index (χ0v) is 16.7. The quantitative estimate of drug-likeness (QED) is 0.599. The average molecular weight is 366 g/mol.